The SMILES string of the molecule is CNCCCc1ncc(-c2ccc(Cl)cc2[N+](=O)[O-])o1. The first kappa shape index (κ1) is 14.5. The molecule has 0 fully saturated rings. The molecule has 20 heavy (non-hydrogen) atoms. The topological polar surface area (TPSA) is 81.2 Å². The van der Waals surface area contributed by atoms with Gasteiger partial charge in [-0.15, -0.1) is 0 Å². The number of nitro groups is 1. The number of nitrogens with zero attached hydrogens (tertiary/aromatic N) is 2. The Morgan fingerprint density at radius 1 is 1.50 bits per heavy atom. The minimum absolute atomic E-state index is 0.0876. The highest BCUT2D eigenvalue weighted by atomic mass is 35.5. The summed E-state index contributed by atoms with van der Waals surface area (Å²) in [6.07, 6.45) is 3.08. The molecule has 0 saturated carbocycles. The van der Waals surface area contributed by atoms with Crippen molar-refractivity contribution in [3.05, 3.63) is 45.4 Å². The van der Waals surface area contributed by atoms with Crippen LogP contribution in [0.25, 0.3) is 11.3 Å². The summed E-state index contributed by atoms with van der Waals surface area (Å²) >= 11 is 5.78. The van der Waals surface area contributed by atoms with Crippen LogP contribution in [-0.2, 0) is 6.42 Å². The van der Waals surface area contributed by atoms with E-state index in [-0.39, 0.29) is 5.69 Å². The summed E-state index contributed by atoms with van der Waals surface area (Å²) in [5.74, 6) is 0.951. The van der Waals surface area contributed by atoms with Gasteiger partial charge in [-0.1, -0.05) is 11.6 Å². The Bertz CT molecular complexity index is 613. The first-order valence-corrected chi connectivity index (χ1v) is 6.53. The van der Waals surface area contributed by atoms with Crippen LogP contribution in [-0.4, -0.2) is 23.5 Å². The molecule has 1 aromatic heterocycles. The maximum atomic E-state index is 11.0. The highest BCUT2D eigenvalue weighted by Gasteiger charge is 2.19. The highest BCUT2D eigenvalue weighted by Crippen LogP contribution is 2.32. The number of hydrogen-bond acceptors (Lipinski definition) is 5. The van der Waals surface area contributed by atoms with Gasteiger partial charge in [-0.3, -0.25) is 10.1 Å². The molecule has 2 rings (SSSR count). The Kier molecular flexibility index (Phi) is 4.70. The van der Waals surface area contributed by atoms with Crippen LogP contribution >= 0.6 is 11.6 Å². The lowest BCUT2D eigenvalue weighted by Gasteiger charge is -2.00. The van der Waals surface area contributed by atoms with E-state index in [2.05, 4.69) is 10.3 Å². The zero-order valence-corrected chi connectivity index (χ0v) is 11.7. The molecule has 0 aliphatic rings. The van der Waals surface area contributed by atoms with Crippen LogP contribution in [0.15, 0.2) is 28.8 Å². The molecule has 1 N–H and O–H groups in total. The summed E-state index contributed by atoms with van der Waals surface area (Å²) in [7, 11) is 1.87. The van der Waals surface area contributed by atoms with Crippen molar-refractivity contribution in [1.82, 2.24) is 10.3 Å². The number of hydrogen-bond donors (Lipinski definition) is 1. The van der Waals surface area contributed by atoms with E-state index in [0.29, 0.717) is 28.7 Å². The third-order valence-corrected chi connectivity index (χ3v) is 3.03. The van der Waals surface area contributed by atoms with E-state index >= 15 is 0 Å². The van der Waals surface area contributed by atoms with E-state index in [1.54, 1.807) is 12.1 Å². The highest BCUT2D eigenvalue weighted by molar-refractivity contribution is 6.30. The molecular formula is C13H14ClN3O3. The van der Waals surface area contributed by atoms with E-state index in [1.807, 2.05) is 7.05 Å². The Balaban J connectivity index is 2.25. The number of benzene rings is 1. The second kappa shape index (κ2) is 6.49. The molecule has 0 aliphatic heterocycles. The van der Waals surface area contributed by atoms with Gasteiger partial charge in [0.05, 0.1) is 16.7 Å². The molecular weight excluding hydrogens is 282 g/mol. The van der Waals surface area contributed by atoms with Gasteiger partial charge in [0.25, 0.3) is 5.69 Å². The number of nitro benzene ring substituents is 1. The van der Waals surface area contributed by atoms with E-state index in [4.69, 9.17) is 16.0 Å². The average Bonchev–Trinajstić information content (AvgIpc) is 2.87. The zero-order valence-electron chi connectivity index (χ0n) is 10.9. The number of aromatic nitrogens is 1. The summed E-state index contributed by atoms with van der Waals surface area (Å²) in [4.78, 5) is 14.7. The minimum Gasteiger partial charge on any atom is -0.440 e. The maximum absolute atomic E-state index is 11.0. The van der Waals surface area contributed by atoms with Crippen LogP contribution in [0.3, 0.4) is 0 Å². The van der Waals surface area contributed by atoms with Crippen molar-refractivity contribution in [2.24, 2.45) is 0 Å². The predicted molar refractivity (Wildman–Crippen MR) is 75.9 cm³/mol. The molecule has 0 bridgehead atoms. The van der Waals surface area contributed by atoms with E-state index in [0.717, 1.165) is 13.0 Å². The average molecular weight is 296 g/mol. The predicted octanol–water partition coefficient (Wildman–Crippen LogP) is 3.06. The molecule has 0 spiro atoms. The fraction of sp³-hybridized carbons (Fsp3) is 0.308. The second-order valence-corrected chi connectivity index (χ2v) is 4.68. The Hall–Kier alpha value is -1.92. The molecule has 0 saturated heterocycles. The summed E-state index contributed by atoms with van der Waals surface area (Å²) in [6.45, 7) is 0.860. The molecule has 0 aliphatic carbocycles. The third-order valence-electron chi connectivity index (χ3n) is 2.79. The van der Waals surface area contributed by atoms with Crippen molar-refractivity contribution in [3.63, 3.8) is 0 Å². The summed E-state index contributed by atoms with van der Waals surface area (Å²) in [5, 5.41) is 14.4. The van der Waals surface area contributed by atoms with Crippen molar-refractivity contribution < 1.29 is 9.34 Å². The van der Waals surface area contributed by atoms with E-state index in [9.17, 15) is 10.1 Å². The standard InChI is InChI=1S/C13H14ClN3O3/c1-15-6-2-3-13-16-8-12(20-13)10-5-4-9(14)7-11(10)17(18)19/h4-5,7-8,15H,2-3,6H2,1H3. The fourth-order valence-corrected chi connectivity index (χ4v) is 2.00. The Labute approximate surface area is 120 Å². The number of nitrogens with one attached hydrogen (secondary N) is 1. The molecule has 1 aromatic carbocycles. The molecule has 6 nitrogen and oxygen atoms in total. The van der Waals surface area contributed by atoms with Crippen LogP contribution < -0.4 is 5.32 Å². The molecule has 0 radical (unpaired) electrons. The van der Waals surface area contributed by atoms with Crippen molar-refractivity contribution in [3.8, 4) is 11.3 Å². The number of aryl methyl sites for hydroxylation is 1. The number of halogens is 1. The molecule has 0 unspecified atom stereocenters. The quantitative estimate of drug-likeness (QED) is 0.503. The largest absolute Gasteiger partial charge is 0.440 e. The Morgan fingerprint density at radius 2 is 2.30 bits per heavy atom. The van der Waals surface area contributed by atoms with Gasteiger partial charge < -0.3 is 9.73 Å². The monoisotopic (exact) mass is 295 g/mol. The summed E-state index contributed by atoms with van der Waals surface area (Å²) in [5.41, 5.74) is 0.294. The van der Waals surface area contributed by atoms with Crippen LogP contribution in [0.5, 0.6) is 0 Å². The molecule has 106 valence electrons. The lowest BCUT2D eigenvalue weighted by molar-refractivity contribution is -0.384. The fourth-order valence-electron chi connectivity index (χ4n) is 1.83. The van der Waals surface area contributed by atoms with Crippen LogP contribution in [0.1, 0.15) is 12.3 Å². The molecule has 0 amide bonds. The van der Waals surface area contributed by atoms with Crippen LogP contribution in [0, 0.1) is 10.1 Å². The van der Waals surface area contributed by atoms with Crippen LogP contribution in [0.4, 0.5) is 5.69 Å². The molecule has 1 heterocycles. The van der Waals surface area contributed by atoms with Gasteiger partial charge >= 0.3 is 0 Å². The van der Waals surface area contributed by atoms with Gasteiger partial charge in [-0.25, -0.2) is 4.98 Å². The third kappa shape index (κ3) is 3.34. The van der Waals surface area contributed by atoms with Crippen LogP contribution in [0.2, 0.25) is 5.02 Å². The first-order chi connectivity index (χ1) is 9.61. The van der Waals surface area contributed by atoms with Crippen molar-refractivity contribution in [2.45, 2.75) is 12.8 Å². The molecule has 7 heteroatoms. The number of rotatable bonds is 6. The van der Waals surface area contributed by atoms with Crippen molar-refractivity contribution in [2.75, 3.05) is 13.6 Å². The first-order valence-electron chi connectivity index (χ1n) is 6.15. The van der Waals surface area contributed by atoms with Gasteiger partial charge in [0.1, 0.15) is 0 Å². The van der Waals surface area contributed by atoms with Gasteiger partial charge in [-0.2, -0.15) is 0 Å². The second-order valence-electron chi connectivity index (χ2n) is 4.24. The lowest BCUT2D eigenvalue weighted by Crippen LogP contribution is -2.08. The summed E-state index contributed by atoms with van der Waals surface area (Å²) in [6, 6.07) is 4.46. The zero-order chi connectivity index (χ0) is 14.5. The Morgan fingerprint density at radius 3 is 3.00 bits per heavy atom. The molecule has 0 atom stereocenters. The van der Waals surface area contributed by atoms with Gasteiger partial charge in [0.15, 0.2) is 11.7 Å². The van der Waals surface area contributed by atoms with Crippen molar-refractivity contribution >= 4 is 17.3 Å². The van der Waals surface area contributed by atoms with E-state index in [1.165, 1.54) is 12.3 Å². The normalized spacial score (nSPS) is 10.7. The maximum Gasteiger partial charge on any atom is 0.281 e. The van der Waals surface area contributed by atoms with Gasteiger partial charge in [0.2, 0.25) is 0 Å². The summed E-state index contributed by atoms with van der Waals surface area (Å²) < 4.78 is 5.56. The van der Waals surface area contributed by atoms with E-state index < -0.39 is 4.92 Å². The lowest BCUT2D eigenvalue weighted by atomic mass is 10.1. The minimum atomic E-state index is -0.482. The van der Waals surface area contributed by atoms with Gasteiger partial charge in [0, 0.05) is 17.5 Å². The number of oxazole rings is 1. The van der Waals surface area contributed by atoms with Gasteiger partial charge in [-0.05, 0) is 32.1 Å². The van der Waals surface area contributed by atoms with Crippen molar-refractivity contribution in [1.29, 1.82) is 0 Å². The smallest absolute Gasteiger partial charge is 0.281 e. The molecule has 2 aromatic rings.